The van der Waals surface area contributed by atoms with E-state index in [1.807, 2.05) is 19.2 Å². The summed E-state index contributed by atoms with van der Waals surface area (Å²) in [6.45, 7) is 0.526. The summed E-state index contributed by atoms with van der Waals surface area (Å²) in [6, 6.07) is 5.82. The van der Waals surface area contributed by atoms with Crippen LogP contribution in [0.3, 0.4) is 0 Å². The Labute approximate surface area is 115 Å². The number of rotatable bonds is 4. The van der Waals surface area contributed by atoms with Crippen molar-refractivity contribution >= 4 is 9.84 Å². The molecule has 0 amide bonds. The number of phenols is 1. The summed E-state index contributed by atoms with van der Waals surface area (Å²) in [5, 5.41) is 9.90. The molecule has 106 valence electrons. The van der Waals surface area contributed by atoms with Crippen molar-refractivity contribution in [2.45, 2.75) is 25.3 Å². The van der Waals surface area contributed by atoms with Gasteiger partial charge >= 0.3 is 0 Å². The third-order valence-electron chi connectivity index (χ3n) is 3.80. The summed E-state index contributed by atoms with van der Waals surface area (Å²) < 4.78 is 22.5. The normalized spacial score (nSPS) is 19.4. The maximum Gasteiger partial charge on any atom is 0.148 e. The SMILES string of the molecule is CN(CCS(C)(=O)=O)C1CCCc2c(O)cccc21. The second-order valence-electron chi connectivity index (χ2n) is 5.36. The minimum absolute atomic E-state index is 0.175. The van der Waals surface area contributed by atoms with E-state index in [-0.39, 0.29) is 11.8 Å². The zero-order valence-electron chi connectivity index (χ0n) is 11.5. The number of hydrogen-bond donors (Lipinski definition) is 1. The van der Waals surface area contributed by atoms with Crippen LogP contribution in [0.15, 0.2) is 18.2 Å². The highest BCUT2D eigenvalue weighted by Gasteiger charge is 2.25. The highest BCUT2D eigenvalue weighted by Crippen LogP contribution is 2.37. The molecule has 0 saturated carbocycles. The molecule has 0 aromatic heterocycles. The average Bonchev–Trinajstić information content (AvgIpc) is 2.35. The molecule has 1 aliphatic carbocycles. The van der Waals surface area contributed by atoms with E-state index in [2.05, 4.69) is 4.90 Å². The molecule has 1 aromatic carbocycles. The van der Waals surface area contributed by atoms with E-state index in [4.69, 9.17) is 0 Å². The van der Waals surface area contributed by atoms with Crippen LogP contribution in [0.2, 0.25) is 0 Å². The lowest BCUT2D eigenvalue weighted by Crippen LogP contribution is -2.31. The molecule has 0 fully saturated rings. The summed E-state index contributed by atoms with van der Waals surface area (Å²) >= 11 is 0. The molecular formula is C14H21NO3S. The lowest BCUT2D eigenvalue weighted by atomic mass is 9.86. The zero-order chi connectivity index (χ0) is 14.0. The number of benzene rings is 1. The van der Waals surface area contributed by atoms with Gasteiger partial charge in [0.25, 0.3) is 0 Å². The van der Waals surface area contributed by atoms with E-state index in [0.717, 1.165) is 30.4 Å². The van der Waals surface area contributed by atoms with Crippen molar-refractivity contribution in [2.75, 3.05) is 25.6 Å². The van der Waals surface area contributed by atoms with Crippen LogP contribution in [-0.2, 0) is 16.3 Å². The third kappa shape index (κ3) is 3.48. The summed E-state index contributed by atoms with van der Waals surface area (Å²) in [5.74, 6) is 0.535. The van der Waals surface area contributed by atoms with Crippen molar-refractivity contribution in [1.29, 1.82) is 0 Å². The maximum absolute atomic E-state index is 11.3. The predicted octanol–water partition coefficient (Wildman–Crippen LogP) is 1.75. The minimum atomic E-state index is -2.93. The van der Waals surface area contributed by atoms with Gasteiger partial charge in [0.05, 0.1) is 5.75 Å². The molecule has 1 atom stereocenters. The van der Waals surface area contributed by atoms with Crippen LogP contribution >= 0.6 is 0 Å². The Balaban J connectivity index is 2.17. The van der Waals surface area contributed by atoms with Crippen LogP contribution in [0, 0.1) is 0 Å². The van der Waals surface area contributed by atoms with Gasteiger partial charge in [-0.05, 0) is 43.5 Å². The lowest BCUT2D eigenvalue weighted by Gasteiger charge is -2.33. The number of nitrogens with zero attached hydrogens (tertiary/aromatic N) is 1. The fourth-order valence-electron chi connectivity index (χ4n) is 2.73. The number of aromatic hydroxyl groups is 1. The number of sulfone groups is 1. The highest BCUT2D eigenvalue weighted by atomic mass is 32.2. The van der Waals surface area contributed by atoms with Gasteiger partial charge in [-0.15, -0.1) is 0 Å². The summed E-state index contributed by atoms with van der Waals surface area (Å²) in [7, 11) is -0.981. The monoisotopic (exact) mass is 283 g/mol. The minimum Gasteiger partial charge on any atom is -0.508 e. The Hall–Kier alpha value is -1.07. The zero-order valence-corrected chi connectivity index (χ0v) is 12.3. The average molecular weight is 283 g/mol. The first-order chi connectivity index (χ1) is 8.88. The second kappa shape index (κ2) is 5.51. The molecule has 0 heterocycles. The number of fused-ring (bicyclic) bond motifs is 1. The molecule has 1 aromatic rings. The van der Waals surface area contributed by atoms with Gasteiger partial charge in [-0.3, -0.25) is 4.90 Å². The summed E-state index contributed by atoms with van der Waals surface area (Å²) in [6.07, 6.45) is 4.20. The fourth-order valence-corrected chi connectivity index (χ4v) is 3.35. The van der Waals surface area contributed by atoms with Crippen molar-refractivity contribution in [3.63, 3.8) is 0 Å². The Morgan fingerprint density at radius 2 is 2.16 bits per heavy atom. The first-order valence-corrected chi connectivity index (χ1v) is 8.63. The van der Waals surface area contributed by atoms with E-state index in [1.165, 1.54) is 6.26 Å². The Kier molecular flexibility index (Phi) is 4.16. The van der Waals surface area contributed by atoms with Crippen molar-refractivity contribution in [3.8, 4) is 5.75 Å². The van der Waals surface area contributed by atoms with Gasteiger partial charge in [0.2, 0.25) is 0 Å². The summed E-state index contributed by atoms with van der Waals surface area (Å²) in [5.41, 5.74) is 2.16. The van der Waals surface area contributed by atoms with E-state index in [9.17, 15) is 13.5 Å². The summed E-state index contributed by atoms with van der Waals surface area (Å²) in [4.78, 5) is 2.08. The molecular weight excluding hydrogens is 262 g/mol. The molecule has 4 nitrogen and oxygen atoms in total. The molecule has 1 unspecified atom stereocenters. The van der Waals surface area contributed by atoms with Crippen molar-refractivity contribution in [1.82, 2.24) is 4.90 Å². The topological polar surface area (TPSA) is 57.6 Å². The third-order valence-corrected chi connectivity index (χ3v) is 4.72. The first kappa shape index (κ1) is 14.3. The molecule has 5 heteroatoms. The maximum atomic E-state index is 11.3. The lowest BCUT2D eigenvalue weighted by molar-refractivity contribution is 0.232. The van der Waals surface area contributed by atoms with E-state index in [1.54, 1.807) is 6.07 Å². The van der Waals surface area contributed by atoms with E-state index >= 15 is 0 Å². The van der Waals surface area contributed by atoms with Crippen LogP contribution < -0.4 is 0 Å². The fraction of sp³-hybridized carbons (Fsp3) is 0.571. The van der Waals surface area contributed by atoms with Gasteiger partial charge in [0.15, 0.2) is 0 Å². The van der Waals surface area contributed by atoms with Crippen LogP contribution in [0.25, 0.3) is 0 Å². The van der Waals surface area contributed by atoms with Crippen molar-refractivity contribution in [2.24, 2.45) is 0 Å². The smallest absolute Gasteiger partial charge is 0.148 e. The molecule has 0 saturated heterocycles. The quantitative estimate of drug-likeness (QED) is 0.914. The van der Waals surface area contributed by atoms with Gasteiger partial charge in [-0.25, -0.2) is 8.42 Å². The van der Waals surface area contributed by atoms with E-state index in [0.29, 0.717) is 12.3 Å². The van der Waals surface area contributed by atoms with Gasteiger partial charge in [0.1, 0.15) is 15.6 Å². The van der Waals surface area contributed by atoms with Crippen molar-refractivity contribution in [3.05, 3.63) is 29.3 Å². The molecule has 0 spiro atoms. The molecule has 0 aliphatic heterocycles. The molecule has 0 bridgehead atoms. The molecule has 0 radical (unpaired) electrons. The Morgan fingerprint density at radius 3 is 2.84 bits per heavy atom. The predicted molar refractivity (Wildman–Crippen MR) is 76.1 cm³/mol. The van der Waals surface area contributed by atoms with Gasteiger partial charge in [0, 0.05) is 18.8 Å². The van der Waals surface area contributed by atoms with Gasteiger partial charge in [-0.2, -0.15) is 0 Å². The van der Waals surface area contributed by atoms with E-state index < -0.39 is 9.84 Å². The van der Waals surface area contributed by atoms with Gasteiger partial charge < -0.3 is 5.11 Å². The molecule has 1 aliphatic rings. The van der Waals surface area contributed by atoms with Crippen LogP contribution in [0.4, 0.5) is 0 Å². The first-order valence-electron chi connectivity index (χ1n) is 6.57. The van der Waals surface area contributed by atoms with Crippen LogP contribution in [0.1, 0.15) is 30.0 Å². The Bertz CT molecular complexity index is 554. The van der Waals surface area contributed by atoms with Crippen molar-refractivity contribution < 1.29 is 13.5 Å². The molecule has 2 rings (SSSR count). The largest absolute Gasteiger partial charge is 0.508 e. The Morgan fingerprint density at radius 1 is 1.42 bits per heavy atom. The molecule has 1 N–H and O–H groups in total. The highest BCUT2D eigenvalue weighted by molar-refractivity contribution is 7.90. The second-order valence-corrected chi connectivity index (χ2v) is 7.62. The molecule has 19 heavy (non-hydrogen) atoms. The van der Waals surface area contributed by atoms with Crippen LogP contribution in [0.5, 0.6) is 5.75 Å². The van der Waals surface area contributed by atoms with Crippen LogP contribution in [-0.4, -0.2) is 44.0 Å². The van der Waals surface area contributed by atoms with Gasteiger partial charge in [-0.1, -0.05) is 12.1 Å². The number of phenolic OH excluding ortho intramolecular Hbond substituents is 1. The number of hydrogen-bond acceptors (Lipinski definition) is 4. The standard InChI is InChI=1S/C14H21NO3S/c1-15(9-10-19(2,17)18)13-7-3-6-12-11(13)5-4-8-14(12)16/h4-5,8,13,16H,3,6-7,9-10H2,1-2H3.